The molecule has 0 bridgehead atoms. The summed E-state index contributed by atoms with van der Waals surface area (Å²) in [4.78, 5) is 36.6. The monoisotopic (exact) mass is 447 g/mol. The molecule has 172 valence electrons. The molecule has 0 spiro atoms. The number of nitrogens with one attached hydrogen (secondary N) is 3. The van der Waals surface area contributed by atoms with Crippen LogP contribution in [0, 0.1) is 5.92 Å². The van der Waals surface area contributed by atoms with Gasteiger partial charge < -0.3 is 16.4 Å². The lowest BCUT2D eigenvalue weighted by Crippen LogP contribution is -2.44. The maximum absolute atomic E-state index is 12.5. The Morgan fingerprint density at radius 1 is 0.970 bits per heavy atom. The molecule has 0 saturated heterocycles. The fourth-order valence-corrected chi connectivity index (χ4v) is 3.27. The van der Waals surface area contributed by atoms with Crippen LogP contribution >= 0.6 is 0 Å². The van der Waals surface area contributed by atoms with Crippen molar-refractivity contribution in [1.29, 1.82) is 0 Å². The van der Waals surface area contributed by atoms with Crippen molar-refractivity contribution in [3.05, 3.63) is 77.5 Å². The van der Waals surface area contributed by atoms with Crippen LogP contribution in [0.5, 0.6) is 0 Å². The summed E-state index contributed by atoms with van der Waals surface area (Å²) in [5.41, 5.74) is 8.65. The highest BCUT2D eigenvalue weighted by Gasteiger charge is 2.19. The highest BCUT2D eigenvalue weighted by Crippen LogP contribution is 2.17. The summed E-state index contributed by atoms with van der Waals surface area (Å²) in [6, 6.07) is 17.4. The Hall–Kier alpha value is -3.94. The van der Waals surface area contributed by atoms with Gasteiger partial charge in [0.15, 0.2) is 0 Å². The first-order chi connectivity index (χ1) is 15.8. The van der Waals surface area contributed by atoms with Gasteiger partial charge in [0.2, 0.25) is 5.91 Å². The molecular formula is C25H29N5O3. The molecule has 2 aromatic carbocycles. The predicted molar refractivity (Wildman–Crippen MR) is 126 cm³/mol. The summed E-state index contributed by atoms with van der Waals surface area (Å²) in [6.07, 6.45) is 1.29. The maximum atomic E-state index is 12.5. The summed E-state index contributed by atoms with van der Waals surface area (Å²) >= 11 is 0. The van der Waals surface area contributed by atoms with E-state index in [0.717, 1.165) is 17.5 Å². The number of nitrogens with zero attached hydrogens (tertiary/aromatic N) is 1. The third kappa shape index (κ3) is 6.77. The molecule has 0 saturated carbocycles. The van der Waals surface area contributed by atoms with Crippen LogP contribution in [0.15, 0.2) is 60.7 Å². The molecule has 5 N–H and O–H groups in total. The van der Waals surface area contributed by atoms with Crippen molar-refractivity contribution < 1.29 is 14.4 Å². The van der Waals surface area contributed by atoms with Crippen molar-refractivity contribution in [2.45, 2.75) is 39.3 Å². The van der Waals surface area contributed by atoms with E-state index < -0.39 is 11.9 Å². The molecule has 33 heavy (non-hydrogen) atoms. The van der Waals surface area contributed by atoms with Gasteiger partial charge in [0.25, 0.3) is 11.8 Å². The van der Waals surface area contributed by atoms with Gasteiger partial charge in [0.1, 0.15) is 11.7 Å². The summed E-state index contributed by atoms with van der Waals surface area (Å²) in [6.45, 7) is 4.39. The molecular weight excluding hydrogens is 418 g/mol. The number of carbonyl (C=O) groups excluding carboxylic acids is 3. The topological polar surface area (TPSA) is 130 Å². The Kier molecular flexibility index (Phi) is 7.96. The van der Waals surface area contributed by atoms with Crippen LogP contribution in [0.4, 0.5) is 0 Å². The smallest absolute Gasteiger partial charge is 0.269 e. The summed E-state index contributed by atoms with van der Waals surface area (Å²) in [7, 11) is 0. The van der Waals surface area contributed by atoms with Gasteiger partial charge in [-0.05, 0) is 42.5 Å². The summed E-state index contributed by atoms with van der Waals surface area (Å²) < 4.78 is 0. The lowest BCUT2D eigenvalue weighted by molar-refractivity contribution is -0.120. The normalized spacial score (nSPS) is 11.7. The number of rotatable bonds is 10. The van der Waals surface area contributed by atoms with E-state index in [1.54, 1.807) is 30.3 Å². The lowest BCUT2D eigenvalue weighted by atomic mass is 10.0. The highest BCUT2D eigenvalue weighted by molar-refractivity contribution is 5.97. The average molecular weight is 448 g/mol. The van der Waals surface area contributed by atoms with E-state index in [1.807, 2.05) is 44.2 Å². The average Bonchev–Trinajstić information content (AvgIpc) is 3.31. The molecule has 0 unspecified atom stereocenters. The number of hydrogen-bond acceptors (Lipinski definition) is 4. The number of nitrogens with two attached hydrogens (primary N) is 1. The molecule has 0 fully saturated rings. The maximum Gasteiger partial charge on any atom is 0.269 e. The van der Waals surface area contributed by atoms with Gasteiger partial charge in [0.05, 0.1) is 5.69 Å². The summed E-state index contributed by atoms with van der Waals surface area (Å²) in [5.74, 6) is -0.771. The van der Waals surface area contributed by atoms with Crippen LogP contribution in [0.2, 0.25) is 0 Å². The minimum Gasteiger partial charge on any atom is -0.368 e. The molecule has 3 rings (SSSR count). The molecule has 1 atom stereocenters. The Labute approximate surface area is 193 Å². The zero-order chi connectivity index (χ0) is 23.8. The SMILES string of the molecule is CC(C)CC[C@H](NC(=O)c1ccc(CNC(=O)c2cc(-c3ccccc3)n[nH]2)cc1)C(N)=O. The van der Waals surface area contributed by atoms with Crippen molar-refractivity contribution >= 4 is 17.7 Å². The van der Waals surface area contributed by atoms with Crippen LogP contribution in [-0.2, 0) is 11.3 Å². The second-order valence-electron chi connectivity index (χ2n) is 8.31. The Morgan fingerprint density at radius 2 is 1.67 bits per heavy atom. The molecule has 0 radical (unpaired) electrons. The van der Waals surface area contributed by atoms with Gasteiger partial charge in [-0.15, -0.1) is 0 Å². The number of carbonyl (C=O) groups is 3. The van der Waals surface area contributed by atoms with E-state index in [4.69, 9.17) is 5.73 Å². The van der Waals surface area contributed by atoms with Crippen LogP contribution in [-0.4, -0.2) is 34.0 Å². The highest BCUT2D eigenvalue weighted by atomic mass is 16.2. The van der Waals surface area contributed by atoms with E-state index in [-0.39, 0.29) is 11.8 Å². The second-order valence-corrected chi connectivity index (χ2v) is 8.31. The number of benzene rings is 2. The minimum atomic E-state index is -0.700. The third-order valence-corrected chi connectivity index (χ3v) is 5.24. The molecule has 0 aliphatic carbocycles. The molecule has 8 heteroatoms. The van der Waals surface area contributed by atoms with Gasteiger partial charge >= 0.3 is 0 Å². The number of hydrogen-bond donors (Lipinski definition) is 4. The van der Waals surface area contributed by atoms with Crippen molar-refractivity contribution in [2.75, 3.05) is 0 Å². The molecule has 3 amide bonds. The Balaban J connectivity index is 1.54. The van der Waals surface area contributed by atoms with Crippen LogP contribution in [0.3, 0.4) is 0 Å². The number of amides is 3. The fourth-order valence-electron chi connectivity index (χ4n) is 3.27. The van der Waals surface area contributed by atoms with Crippen molar-refractivity contribution in [1.82, 2.24) is 20.8 Å². The molecule has 3 aromatic rings. The van der Waals surface area contributed by atoms with E-state index in [1.165, 1.54) is 0 Å². The number of H-pyrrole nitrogens is 1. The van der Waals surface area contributed by atoms with Crippen molar-refractivity contribution in [3.8, 4) is 11.3 Å². The minimum absolute atomic E-state index is 0.277. The molecule has 1 aromatic heterocycles. The first-order valence-electron chi connectivity index (χ1n) is 10.9. The molecule has 8 nitrogen and oxygen atoms in total. The van der Waals surface area contributed by atoms with Crippen molar-refractivity contribution in [2.24, 2.45) is 11.7 Å². The van der Waals surface area contributed by atoms with Gasteiger partial charge in [-0.3, -0.25) is 19.5 Å². The Bertz CT molecular complexity index is 1090. The Morgan fingerprint density at radius 3 is 2.30 bits per heavy atom. The van der Waals surface area contributed by atoms with Gasteiger partial charge in [-0.1, -0.05) is 56.3 Å². The van der Waals surface area contributed by atoms with Gasteiger partial charge in [0, 0.05) is 17.7 Å². The predicted octanol–water partition coefficient (Wildman–Crippen LogP) is 3.03. The van der Waals surface area contributed by atoms with Crippen LogP contribution < -0.4 is 16.4 Å². The van der Waals surface area contributed by atoms with Gasteiger partial charge in [-0.25, -0.2) is 0 Å². The lowest BCUT2D eigenvalue weighted by Gasteiger charge is -2.16. The second kappa shape index (κ2) is 11.1. The van der Waals surface area contributed by atoms with E-state index >= 15 is 0 Å². The molecule has 0 aliphatic heterocycles. The van der Waals surface area contributed by atoms with E-state index in [9.17, 15) is 14.4 Å². The van der Waals surface area contributed by atoms with Gasteiger partial charge in [-0.2, -0.15) is 5.10 Å². The van der Waals surface area contributed by atoms with Crippen LogP contribution in [0.25, 0.3) is 11.3 Å². The number of aromatic nitrogens is 2. The van der Waals surface area contributed by atoms with Crippen LogP contribution in [0.1, 0.15) is 53.1 Å². The van der Waals surface area contributed by atoms with E-state index in [0.29, 0.717) is 35.8 Å². The fraction of sp³-hybridized carbons (Fsp3) is 0.280. The van der Waals surface area contributed by atoms with Crippen molar-refractivity contribution in [3.63, 3.8) is 0 Å². The quantitative estimate of drug-likeness (QED) is 0.380. The first kappa shape index (κ1) is 23.7. The zero-order valence-corrected chi connectivity index (χ0v) is 18.8. The number of aromatic amines is 1. The molecule has 0 aliphatic rings. The third-order valence-electron chi connectivity index (χ3n) is 5.24. The number of primary amides is 1. The van der Waals surface area contributed by atoms with E-state index in [2.05, 4.69) is 20.8 Å². The zero-order valence-electron chi connectivity index (χ0n) is 18.8. The summed E-state index contributed by atoms with van der Waals surface area (Å²) in [5, 5.41) is 12.5. The largest absolute Gasteiger partial charge is 0.368 e. The first-order valence-corrected chi connectivity index (χ1v) is 10.9. The molecule has 1 heterocycles. The standard InChI is InChI=1S/C25H29N5O3/c1-16(2)8-13-20(23(26)31)28-24(32)19-11-9-17(10-12-19)15-27-25(33)22-14-21(29-30-22)18-6-4-3-5-7-18/h3-7,9-12,14,16,20H,8,13,15H2,1-2H3,(H2,26,31)(H,27,33)(H,28,32)(H,29,30)/t20-/m0/s1.